The molecule has 0 bridgehead atoms. The zero-order chi connectivity index (χ0) is 15.6. The van der Waals surface area contributed by atoms with Crippen molar-refractivity contribution in [3.8, 4) is 0 Å². The highest BCUT2D eigenvalue weighted by Crippen LogP contribution is 2.35. The Labute approximate surface area is 123 Å². The lowest BCUT2D eigenvalue weighted by Crippen LogP contribution is -2.48. The summed E-state index contributed by atoms with van der Waals surface area (Å²) in [5.41, 5.74) is 0.982. The van der Waals surface area contributed by atoms with Crippen molar-refractivity contribution in [3.05, 3.63) is 28.3 Å². The maximum atomic E-state index is 11.5. The van der Waals surface area contributed by atoms with E-state index in [0.29, 0.717) is 37.6 Å². The first kappa shape index (κ1) is 15.5. The molecule has 1 aromatic rings. The van der Waals surface area contributed by atoms with Crippen molar-refractivity contribution < 1.29 is 13.3 Å². The van der Waals surface area contributed by atoms with E-state index < -0.39 is 14.9 Å². The molecular weight excluding hydrogens is 296 g/mol. The number of nitro groups is 1. The number of rotatable bonds is 4. The van der Waals surface area contributed by atoms with Gasteiger partial charge in [0.15, 0.2) is 0 Å². The topological polar surface area (TPSA) is 95.8 Å². The molecule has 0 aliphatic carbocycles. The molecule has 0 spiro atoms. The van der Waals surface area contributed by atoms with Crippen LogP contribution in [0.2, 0.25) is 0 Å². The monoisotopic (exact) mass is 314 g/mol. The SMILES string of the molecule is CNc1cccc(N2CCN(S(C)(=O)=O)CC2)c1[N+](=O)[O-]. The Morgan fingerprint density at radius 2 is 1.86 bits per heavy atom. The van der Waals surface area contributed by atoms with E-state index in [4.69, 9.17) is 0 Å². The molecule has 0 radical (unpaired) electrons. The summed E-state index contributed by atoms with van der Waals surface area (Å²) in [5.74, 6) is 0. The molecule has 1 aliphatic heterocycles. The summed E-state index contributed by atoms with van der Waals surface area (Å²) in [5, 5.41) is 14.1. The average molecular weight is 314 g/mol. The van der Waals surface area contributed by atoms with E-state index in [9.17, 15) is 18.5 Å². The lowest BCUT2D eigenvalue weighted by Gasteiger charge is -2.34. The molecule has 9 heteroatoms. The van der Waals surface area contributed by atoms with Gasteiger partial charge in [0.2, 0.25) is 10.0 Å². The fourth-order valence-electron chi connectivity index (χ4n) is 2.44. The minimum Gasteiger partial charge on any atom is -0.382 e. The van der Waals surface area contributed by atoms with Gasteiger partial charge in [0.05, 0.1) is 11.2 Å². The third-order valence-electron chi connectivity index (χ3n) is 3.51. The van der Waals surface area contributed by atoms with Gasteiger partial charge in [-0.1, -0.05) is 6.07 Å². The van der Waals surface area contributed by atoms with Gasteiger partial charge in [0.1, 0.15) is 11.4 Å². The molecule has 1 N–H and O–H groups in total. The zero-order valence-corrected chi connectivity index (χ0v) is 12.8. The second kappa shape index (κ2) is 5.86. The van der Waals surface area contributed by atoms with Crippen LogP contribution in [0, 0.1) is 10.1 Å². The number of piperazine rings is 1. The molecule has 0 atom stereocenters. The number of anilines is 2. The van der Waals surface area contributed by atoms with Crippen molar-refractivity contribution in [1.82, 2.24) is 4.31 Å². The lowest BCUT2D eigenvalue weighted by molar-refractivity contribution is -0.383. The molecule has 0 amide bonds. The summed E-state index contributed by atoms with van der Waals surface area (Å²) in [7, 11) is -1.58. The van der Waals surface area contributed by atoms with E-state index in [1.54, 1.807) is 25.2 Å². The predicted molar refractivity (Wildman–Crippen MR) is 81.3 cm³/mol. The van der Waals surface area contributed by atoms with E-state index in [-0.39, 0.29) is 5.69 Å². The largest absolute Gasteiger partial charge is 0.382 e. The lowest BCUT2D eigenvalue weighted by atomic mass is 10.2. The maximum Gasteiger partial charge on any atom is 0.315 e. The Balaban J connectivity index is 2.27. The Morgan fingerprint density at radius 1 is 1.24 bits per heavy atom. The van der Waals surface area contributed by atoms with Crippen LogP contribution in [0.25, 0.3) is 0 Å². The van der Waals surface area contributed by atoms with Gasteiger partial charge in [0.25, 0.3) is 0 Å². The molecule has 116 valence electrons. The van der Waals surface area contributed by atoms with Crippen LogP contribution in [0.3, 0.4) is 0 Å². The maximum absolute atomic E-state index is 11.5. The first-order chi connectivity index (χ1) is 9.84. The summed E-state index contributed by atoms with van der Waals surface area (Å²) in [4.78, 5) is 12.7. The van der Waals surface area contributed by atoms with Crippen molar-refractivity contribution >= 4 is 27.1 Å². The number of benzene rings is 1. The molecule has 1 heterocycles. The third-order valence-corrected chi connectivity index (χ3v) is 4.82. The van der Waals surface area contributed by atoms with E-state index in [1.807, 2.05) is 4.90 Å². The number of hydrogen-bond donors (Lipinski definition) is 1. The molecule has 2 rings (SSSR count). The Morgan fingerprint density at radius 3 is 2.33 bits per heavy atom. The summed E-state index contributed by atoms with van der Waals surface area (Å²) in [6.07, 6.45) is 1.17. The average Bonchev–Trinajstić information content (AvgIpc) is 2.45. The van der Waals surface area contributed by atoms with Crippen LogP contribution >= 0.6 is 0 Å². The summed E-state index contributed by atoms with van der Waals surface area (Å²) >= 11 is 0. The van der Waals surface area contributed by atoms with Crippen LogP contribution in [0.1, 0.15) is 0 Å². The zero-order valence-electron chi connectivity index (χ0n) is 11.9. The van der Waals surface area contributed by atoms with Gasteiger partial charge >= 0.3 is 5.69 Å². The summed E-state index contributed by atoms with van der Waals surface area (Å²) < 4.78 is 24.4. The highest BCUT2D eigenvalue weighted by atomic mass is 32.2. The van der Waals surface area contributed by atoms with Crippen LogP contribution in [0.15, 0.2) is 18.2 Å². The minimum absolute atomic E-state index is 0.0211. The fraction of sp³-hybridized carbons (Fsp3) is 0.500. The van der Waals surface area contributed by atoms with Crippen molar-refractivity contribution in [1.29, 1.82) is 0 Å². The first-order valence-corrected chi connectivity index (χ1v) is 8.34. The minimum atomic E-state index is -3.21. The van der Waals surface area contributed by atoms with Crippen molar-refractivity contribution in [2.75, 3.05) is 49.7 Å². The van der Waals surface area contributed by atoms with Gasteiger partial charge in [-0.05, 0) is 12.1 Å². The molecule has 0 unspecified atom stereocenters. The van der Waals surface area contributed by atoms with Gasteiger partial charge in [-0.15, -0.1) is 0 Å². The fourth-order valence-corrected chi connectivity index (χ4v) is 3.27. The number of hydrogen-bond acceptors (Lipinski definition) is 6. The standard InChI is InChI=1S/C12H18N4O4S/c1-13-10-4-3-5-11(12(10)16(17)18)14-6-8-15(9-7-14)21(2,19)20/h3-5,13H,6-9H2,1-2H3. The van der Waals surface area contributed by atoms with Gasteiger partial charge in [0, 0.05) is 33.2 Å². The molecule has 1 aliphatic rings. The first-order valence-electron chi connectivity index (χ1n) is 6.50. The predicted octanol–water partition coefficient (Wildman–Crippen LogP) is 0.718. The molecule has 1 fully saturated rings. The molecule has 1 saturated heterocycles. The van der Waals surface area contributed by atoms with Crippen LogP contribution in [0.5, 0.6) is 0 Å². The van der Waals surface area contributed by atoms with E-state index in [2.05, 4.69) is 5.32 Å². The van der Waals surface area contributed by atoms with Gasteiger partial charge in [-0.25, -0.2) is 8.42 Å². The molecule has 8 nitrogen and oxygen atoms in total. The van der Waals surface area contributed by atoms with E-state index >= 15 is 0 Å². The molecule has 1 aromatic carbocycles. The van der Waals surface area contributed by atoms with Gasteiger partial charge in [-0.2, -0.15) is 4.31 Å². The normalized spacial score (nSPS) is 16.8. The third kappa shape index (κ3) is 3.24. The quantitative estimate of drug-likeness (QED) is 0.650. The molecule has 0 saturated carbocycles. The van der Waals surface area contributed by atoms with E-state index in [0.717, 1.165) is 0 Å². The van der Waals surface area contributed by atoms with Crippen LogP contribution in [0.4, 0.5) is 17.1 Å². The second-order valence-corrected chi connectivity index (χ2v) is 6.81. The highest BCUT2D eigenvalue weighted by molar-refractivity contribution is 7.88. The Kier molecular flexibility index (Phi) is 4.33. The van der Waals surface area contributed by atoms with Crippen LogP contribution < -0.4 is 10.2 Å². The number of nitro benzene ring substituents is 1. The van der Waals surface area contributed by atoms with Gasteiger partial charge in [-0.3, -0.25) is 10.1 Å². The van der Waals surface area contributed by atoms with Crippen LogP contribution in [-0.4, -0.2) is 57.1 Å². The summed E-state index contributed by atoms with van der Waals surface area (Å²) in [6.45, 7) is 1.53. The van der Waals surface area contributed by atoms with Crippen molar-refractivity contribution in [3.63, 3.8) is 0 Å². The molecule has 21 heavy (non-hydrogen) atoms. The second-order valence-electron chi connectivity index (χ2n) is 4.83. The number of para-hydroxylation sites is 1. The Hall–Kier alpha value is -1.87. The number of nitrogens with one attached hydrogen (secondary N) is 1. The number of nitrogens with zero attached hydrogens (tertiary/aromatic N) is 3. The van der Waals surface area contributed by atoms with E-state index in [1.165, 1.54) is 10.6 Å². The van der Waals surface area contributed by atoms with Gasteiger partial charge < -0.3 is 10.2 Å². The number of sulfonamides is 1. The van der Waals surface area contributed by atoms with Crippen molar-refractivity contribution in [2.24, 2.45) is 0 Å². The van der Waals surface area contributed by atoms with Crippen LogP contribution in [-0.2, 0) is 10.0 Å². The Bertz CT molecular complexity index is 639. The molecular formula is C12H18N4O4S. The molecule has 0 aromatic heterocycles. The van der Waals surface area contributed by atoms with Crippen molar-refractivity contribution in [2.45, 2.75) is 0 Å². The summed E-state index contributed by atoms with van der Waals surface area (Å²) in [6, 6.07) is 5.08. The highest BCUT2D eigenvalue weighted by Gasteiger charge is 2.28. The smallest absolute Gasteiger partial charge is 0.315 e.